The highest BCUT2D eigenvalue weighted by Crippen LogP contribution is 2.27. The summed E-state index contributed by atoms with van der Waals surface area (Å²) in [6.07, 6.45) is -0.870. The van der Waals surface area contributed by atoms with E-state index in [1.54, 1.807) is 0 Å². The van der Waals surface area contributed by atoms with Crippen LogP contribution in [0.15, 0.2) is 0 Å². The Morgan fingerprint density at radius 2 is 2.20 bits per heavy atom. The molecule has 0 aliphatic carbocycles. The van der Waals surface area contributed by atoms with Crippen molar-refractivity contribution in [3.63, 3.8) is 0 Å². The van der Waals surface area contributed by atoms with E-state index in [4.69, 9.17) is 23.2 Å². The molecule has 60 valence electrons. The topological polar surface area (TPSA) is 27.7 Å². The van der Waals surface area contributed by atoms with Crippen LogP contribution in [-0.4, -0.2) is 24.1 Å². The molecule has 0 aromatic carbocycles. The van der Waals surface area contributed by atoms with Crippen LogP contribution >= 0.6 is 23.2 Å². The lowest BCUT2D eigenvalue weighted by atomic mass is 10.7. The highest BCUT2D eigenvalue weighted by atomic mass is 35.5. The number of alkyl halides is 3. The molecule has 0 unspecified atom stereocenters. The Labute approximate surface area is 66.9 Å². The highest BCUT2D eigenvalue weighted by molar-refractivity contribution is 6.18. The molecule has 10 heavy (non-hydrogen) atoms. The Kier molecular flexibility index (Phi) is 2.71. The molecule has 1 saturated heterocycles. The van der Waals surface area contributed by atoms with E-state index in [0.717, 1.165) is 0 Å². The molecule has 1 aliphatic heterocycles. The fourth-order valence-corrected chi connectivity index (χ4v) is 0.694. The van der Waals surface area contributed by atoms with Crippen molar-refractivity contribution in [2.24, 2.45) is 0 Å². The third-order valence-electron chi connectivity index (χ3n) is 0.873. The van der Waals surface area contributed by atoms with Gasteiger partial charge in [-0.05, 0) is 0 Å². The number of halogens is 3. The zero-order chi connectivity index (χ0) is 7.61. The minimum atomic E-state index is -2.33. The van der Waals surface area contributed by atoms with Crippen molar-refractivity contribution in [2.75, 3.05) is 11.8 Å². The molecular weight excluding hydrogens is 186 g/mol. The van der Waals surface area contributed by atoms with Crippen LogP contribution in [0.4, 0.5) is 4.39 Å². The van der Waals surface area contributed by atoms with E-state index in [-0.39, 0.29) is 5.88 Å². The first-order valence-electron chi connectivity index (χ1n) is 2.53. The average Bonchev–Trinajstić information content (AvgIpc) is 2.33. The van der Waals surface area contributed by atoms with Crippen LogP contribution in [0.3, 0.4) is 0 Å². The van der Waals surface area contributed by atoms with Gasteiger partial charge in [0.05, 0.1) is 5.88 Å². The fourth-order valence-electron chi connectivity index (χ4n) is 0.472. The molecule has 2 atom stereocenters. The maximum absolute atomic E-state index is 12.7. The third kappa shape index (κ3) is 1.71. The zero-order valence-corrected chi connectivity index (χ0v) is 6.36. The summed E-state index contributed by atoms with van der Waals surface area (Å²) < 4.78 is 17.2. The first kappa shape index (κ1) is 8.49. The molecule has 0 N–H and O–H groups in total. The second-order valence-electron chi connectivity index (χ2n) is 1.67. The summed E-state index contributed by atoms with van der Waals surface area (Å²) in [7, 11) is 0. The van der Waals surface area contributed by atoms with Gasteiger partial charge in [-0.2, -0.15) is 14.2 Å². The molecule has 1 fully saturated rings. The maximum atomic E-state index is 12.7. The van der Waals surface area contributed by atoms with Gasteiger partial charge in [0.25, 0.3) is 0 Å². The van der Waals surface area contributed by atoms with Gasteiger partial charge in [0.1, 0.15) is 5.88 Å². The number of hydrogen-bond donors (Lipinski definition) is 0. The average molecular weight is 191 g/mol. The zero-order valence-electron chi connectivity index (χ0n) is 4.85. The van der Waals surface area contributed by atoms with Gasteiger partial charge in [-0.1, -0.05) is 0 Å². The standard InChI is InChI=1S/C4H5Cl2FO3/c5-1-3-8-4(7,2-6)10-9-3/h3H,1-2H2/t3-,4+/m1/s1. The van der Waals surface area contributed by atoms with E-state index < -0.39 is 18.2 Å². The Morgan fingerprint density at radius 1 is 1.50 bits per heavy atom. The molecule has 0 aromatic rings. The van der Waals surface area contributed by atoms with Crippen molar-refractivity contribution >= 4 is 23.2 Å². The lowest BCUT2D eigenvalue weighted by Gasteiger charge is -2.09. The Bertz CT molecular complexity index is 125. The lowest BCUT2D eigenvalue weighted by molar-refractivity contribution is -0.362. The molecule has 0 radical (unpaired) electrons. The molecule has 1 heterocycles. The minimum Gasteiger partial charge on any atom is -0.287 e. The second-order valence-corrected chi connectivity index (χ2v) is 2.25. The quantitative estimate of drug-likeness (QED) is 0.487. The van der Waals surface area contributed by atoms with E-state index in [9.17, 15) is 4.39 Å². The number of rotatable bonds is 2. The summed E-state index contributed by atoms with van der Waals surface area (Å²) in [6, 6.07) is -2.33. The smallest absolute Gasteiger partial charge is 0.287 e. The van der Waals surface area contributed by atoms with Crippen LogP contribution < -0.4 is 0 Å². The van der Waals surface area contributed by atoms with Crippen molar-refractivity contribution in [1.82, 2.24) is 0 Å². The van der Waals surface area contributed by atoms with Gasteiger partial charge in [0.15, 0.2) is 0 Å². The first-order chi connectivity index (χ1) is 4.70. The lowest BCUT2D eigenvalue weighted by Crippen LogP contribution is -2.27. The predicted octanol–water partition coefficient (Wildman–Crippen LogP) is 1.39. The first-order valence-corrected chi connectivity index (χ1v) is 3.60. The third-order valence-corrected chi connectivity index (χ3v) is 1.44. The number of hydrogen-bond acceptors (Lipinski definition) is 3. The van der Waals surface area contributed by atoms with Crippen LogP contribution in [0.25, 0.3) is 0 Å². The van der Waals surface area contributed by atoms with Crippen LogP contribution in [0.2, 0.25) is 0 Å². The predicted molar refractivity (Wildman–Crippen MR) is 32.3 cm³/mol. The summed E-state index contributed by atoms with van der Waals surface area (Å²) in [6.45, 7) is 0. The van der Waals surface area contributed by atoms with E-state index >= 15 is 0 Å². The Balaban J connectivity index is 2.41. The van der Waals surface area contributed by atoms with Crippen LogP contribution in [0.1, 0.15) is 0 Å². The normalized spacial score (nSPS) is 40.5. The van der Waals surface area contributed by atoms with Gasteiger partial charge in [-0.15, -0.1) is 23.2 Å². The monoisotopic (exact) mass is 190 g/mol. The van der Waals surface area contributed by atoms with Gasteiger partial charge >= 0.3 is 6.04 Å². The van der Waals surface area contributed by atoms with Gasteiger partial charge in [-0.3, -0.25) is 4.74 Å². The fraction of sp³-hybridized carbons (Fsp3) is 1.00. The van der Waals surface area contributed by atoms with Crippen molar-refractivity contribution in [2.45, 2.75) is 12.3 Å². The van der Waals surface area contributed by atoms with E-state index in [1.165, 1.54) is 0 Å². The molecular formula is C4H5Cl2FO3. The van der Waals surface area contributed by atoms with E-state index in [0.29, 0.717) is 0 Å². The summed E-state index contributed by atoms with van der Waals surface area (Å²) in [4.78, 5) is 8.38. The summed E-state index contributed by atoms with van der Waals surface area (Å²) in [5.74, 6) is -0.442. The summed E-state index contributed by atoms with van der Waals surface area (Å²) in [5, 5.41) is 0. The van der Waals surface area contributed by atoms with E-state index in [1.807, 2.05) is 0 Å². The molecule has 1 rings (SSSR count). The molecule has 0 bridgehead atoms. The SMILES string of the molecule is F[C@]1(CCl)OO[C@H](CCl)O1. The molecule has 0 amide bonds. The van der Waals surface area contributed by atoms with Crippen LogP contribution in [0.5, 0.6) is 0 Å². The van der Waals surface area contributed by atoms with Gasteiger partial charge in [-0.25, -0.2) is 0 Å². The van der Waals surface area contributed by atoms with Crippen molar-refractivity contribution in [3.8, 4) is 0 Å². The van der Waals surface area contributed by atoms with Crippen LogP contribution in [-0.2, 0) is 14.5 Å². The van der Waals surface area contributed by atoms with Gasteiger partial charge in [0, 0.05) is 0 Å². The summed E-state index contributed by atoms with van der Waals surface area (Å²) in [5.41, 5.74) is 0. The molecule has 3 nitrogen and oxygen atoms in total. The second kappa shape index (κ2) is 3.19. The molecule has 6 heteroatoms. The largest absolute Gasteiger partial charge is 0.363 e. The minimum absolute atomic E-state index is 0.00254. The van der Waals surface area contributed by atoms with Crippen molar-refractivity contribution in [3.05, 3.63) is 0 Å². The van der Waals surface area contributed by atoms with Crippen molar-refractivity contribution < 1.29 is 18.9 Å². The van der Waals surface area contributed by atoms with Crippen molar-refractivity contribution in [1.29, 1.82) is 0 Å². The Hall–Kier alpha value is 0.390. The van der Waals surface area contributed by atoms with Gasteiger partial charge < -0.3 is 0 Å². The van der Waals surface area contributed by atoms with Crippen LogP contribution in [0, 0.1) is 0 Å². The Morgan fingerprint density at radius 3 is 2.50 bits per heavy atom. The maximum Gasteiger partial charge on any atom is 0.363 e. The molecule has 1 aliphatic rings. The highest BCUT2D eigenvalue weighted by Gasteiger charge is 2.43. The molecule has 0 aromatic heterocycles. The molecule has 0 saturated carbocycles. The molecule has 0 spiro atoms. The van der Waals surface area contributed by atoms with E-state index in [2.05, 4.69) is 14.5 Å². The van der Waals surface area contributed by atoms with Gasteiger partial charge in [0.2, 0.25) is 6.29 Å². The summed E-state index contributed by atoms with van der Waals surface area (Å²) >= 11 is 10.4. The number of ether oxygens (including phenoxy) is 1.